The van der Waals surface area contributed by atoms with Gasteiger partial charge in [0, 0.05) is 13.5 Å². The molecule has 0 unspecified atom stereocenters. The van der Waals surface area contributed by atoms with Crippen LogP contribution in [0, 0.1) is 6.42 Å². The van der Waals surface area contributed by atoms with E-state index in [1.807, 2.05) is 6.92 Å². The number of nitrogens with one attached hydrogen (secondary N) is 1. The summed E-state index contributed by atoms with van der Waals surface area (Å²) in [5.74, 6) is 0.0394. The third kappa shape index (κ3) is 154. The fraction of sp³-hybridized carbons (Fsp3) is 0.818. The summed E-state index contributed by atoms with van der Waals surface area (Å²) in [5, 5.41) is 2.57. The molecule has 1 N–H and O–H groups in total. The minimum atomic E-state index is 0. The van der Waals surface area contributed by atoms with Gasteiger partial charge >= 0.3 is 0 Å². The number of hydrogen-bond acceptors (Lipinski definition) is 1. The fourth-order valence-corrected chi connectivity index (χ4v) is 0.249. The van der Waals surface area contributed by atoms with Crippen LogP contribution in [0.1, 0.15) is 54.4 Å². The number of amides is 1. The van der Waals surface area contributed by atoms with E-state index in [-0.39, 0.29) is 5.91 Å². The van der Waals surface area contributed by atoms with Gasteiger partial charge in [-0.3, -0.25) is 4.79 Å². The largest absolute Gasteiger partial charge is 0.357 e. The predicted molar refractivity (Wildman–Crippen MR) is 60.6 cm³/mol. The predicted octanol–water partition coefficient (Wildman–Crippen LogP) is 3.18. The van der Waals surface area contributed by atoms with E-state index in [1.165, 1.54) is 19.8 Å². The van der Waals surface area contributed by atoms with Crippen LogP contribution in [0.25, 0.3) is 0 Å². The third-order valence-corrected chi connectivity index (χ3v) is 0.834. The minimum Gasteiger partial charge on any atom is -0.357 e. The molecule has 0 heterocycles. The summed E-state index contributed by atoms with van der Waals surface area (Å²) >= 11 is 0. The van der Waals surface area contributed by atoms with Crippen molar-refractivity contribution in [1.82, 2.24) is 5.32 Å². The van der Waals surface area contributed by atoms with Crippen LogP contribution >= 0.6 is 0 Å². The van der Waals surface area contributed by atoms with Crippen molar-refractivity contribution < 1.29 is 4.79 Å². The Balaban J connectivity index is -0.0000000553. The molecule has 0 aromatic carbocycles. The quantitative estimate of drug-likeness (QED) is 0.637. The SMILES string of the molecule is CCC.CCNC(C)=O.C[CH-]CC.[Rf]. The molecule has 0 aromatic rings. The molecule has 2 nitrogen and oxygen atoms in total. The molecule has 0 spiro atoms. The number of carbonyl (C=O) groups is 1. The maximum absolute atomic E-state index is 9.93. The molecule has 1 amide bonds. The van der Waals surface area contributed by atoms with Crippen molar-refractivity contribution in [2.24, 2.45) is 0 Å². The van der Waals surface area contributed by atoms with Crippen molar-refractivity contribution in [1.29, 1.82) is 0 Å². The average Bonchev–Trinajstić information content (AvgIpc) is 2.06. The zero-order valence-electron chi connectivity index (χ0n) is 10.8. The Kier molecular flexibility index (Phi) is 49.1. The van der Waals surface area contributed by atoms with Crippen molar-refractivity contribution in [3.63, 3.8) is 0 Å². The van der Waals surface area contributed by atoms with Gasteiger partial charge in [0.2, 0.25) is 5.91 Å². The topological polar surface area (TPSA) is 29.1 Å². The van der Waals surface area contributed by atoms with Gasteiger partial charge in [-0.2, -0.15) is 13.3 Å². The second-order valence-corrected chi connectivity index (χ2v) is 2.61. The van der Waals surface area contributed by atoms with E-state index in [1.54, 1.807) is 0 Å². The minimum absolute atomic E-state index is 0. The van der Waals surface area contributed by atoms with Crippen LogP contribution in [0.15, 0.2) is 0 Å². The zero-order chi connectivity index (χ0) is 11.1. The molecule has 0 aromatic heterocycles. The van der Waals surface area contributed by atoms with E-state index >= 15 is 0 Å². The molecule has 84 valence electrons. The molecule has 0 bridgehead atoms. The fourth-order valence-electron chi connectivity index (χ4n) is 0.249. The first kappa shape index (κ1) is 22.9. The summed E-state index contributed by atoms with van der Waals surface area (Å²) in [6.45, 7) is 12.6. The Morgan fingerprint density at radius 3 is 1.50 bits per heavy atom. The summed E-state index contributed by atoms with van der Waals surface area (Å²) in [4.78, 5) is 9.93. The molecule has 0 rings (SSSR count). The first-order valence-corrected chi connectivity index (χ1v) is 5.12. The van der Waals surface area contributed by atoms with Crippen molar-refractivity contribution in [3.05, 3.63) is 6.42 Å². The molecule has 0 aliphatic rings. The first-order chi connectivity index (χ1) is 6.10. The van der Waals surface area contributed by atoms with E-state index in [0.29, 0.717) is 0 Å². The van der Waals surface area contributed by atoms with Crippen LogP contribution in [-0.2, 0) is 4.79 Å². The molecule has 0 radical (unpaired) electrons. The zero-order valence-corrected chi connectivity index (χ0v) is 17.2. The normalized spacial score (nSPS) is 6.71. The standard InChI is InChI=1S/C4H9NO.C4H9.C3H8.Rf/c1-3-5-4(2)6;1-3-4-2;1-3-2;/h3H2,1-2H3,(H,5,6);3H,4H2,1-2H3;3H2,1-2H3;/q;-1;;. The molecule has 0 saturated carbocycles. The van der Waals surface area contributed by atoms with Crippen molar-refractivity contribution in [3.8, 4) is 0 Å². The summed E-state index contributed by atoms with van der Waals surface area (Å²) in [6, 6.07) is 0. The van der Waals surface area contributed by atoms with Crippen molar-refractivity contribution in [2.75, 3.05) is 6.54 Å². The Morgan fingerprint density at radius 2 is 1.50 bits per heavy atom. The van der Waals surface area contributed by atoms with Gasteiger partial charge in [0.05, 0.1) is 0 Å². The van der Waals surface area contributed by atoms with Crippen LogP contribution in [0.4, 0.5) is 0 Å². The number of rotatable bonds is 2. The summed E-state index contributed by atoms with van der Waals surface area (Å²) in [7, 11) is 0. The Hall–Kier alpha value is -1.53. The number of unbranched alkanes of at least 4 members (excludes halogenated alkanes) is 1. The maximum Gasteiger partial charge on any atom is 0.216 e. The van der Waals surface area contributed by atoms with Gasteiger partial charge in [0.15, 0.2) is 0 Å². The summed E-state index contributed by atoms with van der Waals surface area (Å²) in [6.07, 6.45) is 4.57. The van der Waals surface area contributed by atoms with Gasteiger partial charge in [-0.25, -0.2) is 0 Å². The molecule has 0 saturated heterocycles. The molecule has 0 fully saturated rings. The third-order valence-electron chi connectivity index (χ3n) is 0.834. The smallest absolute Gasteiger partial charge is 0.216 e. The van der Waals surface area contributed by atoms with E-state index in [2.05, 4.69) is 39.4 Å². The van der Waals surface area contributed by atoms with Crippen LogP contribution in [-0.4, -0.2) is 12.5 Å². The van der Waals surface area contributed by atoms with Crippen molar-refractivity contribution >= 4 is 5.91 Å². The van der Waals surface area contributed by atoms with E-state index in [4.69, 9.17) is 0 Å². The Labute approximate surface area is 84.1 Å². The van der Waals surface area contributed by atoms with Crippen LogP contribution < -0.4 is 5.32 Å². The molecular formula is C11H26NORf-. The second kappa shape index (κ2) is 30.0. The maximum atomic E-state index is 9.93. The molecule has 14 heavy (non-hydrogen) atoms. The average molecular weight is 455 g/mol. The van der Waals surface area contributed by atoms with E-state index in [9.17, 15) is 4.79 Å². The summed E-state index contributed by atoms with van der Waals surface area (Å²) in [5.41, 5.74) is 0. The van der Waals surface area contributed by atoms with Gasteiger partial charge in [-0.15, -0.1) is 0 Å². The molecule has 3 heteroatoms. The molecular weight excluding hydrogens is 429 g/mol. The number of hydrogen-bond donors (Lipinski definition) is 1. The summed E-state index contributed by atoms with van der Waals surface area (Å²) < 4.78 is 0. The van der Waals surface area contributed by atoms with Gasteiger partial charge in [-0.1, -0.05) is 27.2 Å². The van der Waals surface area contributed by atoms with Gasteiger partial charge in [-0.05, 0) is 6.92 Å². The Bertz CT molecular complexity index is 85.4. The molecule has 0 aliphatic heterocycles. The number of carbonyl (C=O) groups excluding carboxylic acids is 1. The monoisotopic (exact) mass is 455 g/mol. The van der Waals surface area contributed by atoms with Crippen LogP contribution in [0.2, 0.25) is 0 Å². The van der Waals surface area contributed by atoms with E-state index in [0.717, 1.165) is 6.54 Å². The van der Waals surface area contributed by atoms with Gasteiger partial charge in [0.1, 0.15) is 0 Å². The van der Waals surface area contributed by atoms with Gasteiger partial charge in [0.25, 0.3) is 0 Å². The van der Waals surface area contributed by atoms with E-state index < -0.39 is 0 Å². The second-order valence-electron chi connectivity index (χ2n) is 2.61. The molecule has 0 atom stereocenters. The van der Waals surface area contributed by atoms with Crippen LogP contribution in [0.5, 0.6) is 0 Å². The molecule has 0 aliphatic carbocycles. The Morgan fingerprint density at radius 1 is 1.21 bits per heavy atom. The van der Waals surface area contributed by atoms with Crippen molar-refractivity contribution in [2.45, 2.75) is 54.4 Å². The first-order valence-electron chi connectivity index (χ1n) is 5.12. The van der Waals surface area contributed by atoms with Crippen LogP contribution in [0.3, 0.4) is 0 Å². The van der Waals surface area contributed by atoms with Gasteiger partial charge < -0.3 is 11.7 Å².